The second-order valence-electron chi connectivity index (χ2n) is 12.0. The molecule has 0 unspecified atom stereocenters. The third kappa shape index (κ3) is 4.12. The molecule has 47 heavy (non-hydrogen) atoms. The molecule has 0 saturated heterocycles. The van der Waals surface area contributed by atoms with Crippen LogP contribution in [0.2, 0.25) is 0 Å². The molecule has 0 bridgehead atoms. The Hall–Kier alpha value is -6.39. The molecule has 2 heterocycles. The predicted octanol–water partition coefficient (Wildman–Crippen LogP) is 11.4. The van der Waals surface area contributed by atoms with Gasteiger partial charge < -0.3 is 4.42 Å². The number of benzene rings is 8. The molecule has 4 nitrogen and oxygen atoms in total. The fourth-order valence-electron chi connectivity index (χ4n) is 7.01. The van der Waals surface area contributed by atoms with Crippen LogP contribution in [-0.2, 0) is 0 Å². The standard InChI is InChI=1S/C43H25N3O/c1-2-10-28-24-30(19-16-26(28)8-1)41-44-42(31-20-21-33-29(25-31)18-17-27-9-3-4-11-32(27)33)46-43(45-41)36-14-7-13-35-34(36)22-23-39-40(35)37-12-5-6-15-38(37)47-39/h1-25H. The summed E-state index contributed by atoms with van der Waals surface area (Å²) >= 11 is 0. The van der Waals surface area contributed by atoms with Crippen LogP contribution in [-0.4, -0.2) is 15.0 Å². The van der Waals surface area contributed by atoms with E-state index in [1.165, 1.54) is 21.5 Å². The first kappa shape index (κ1) is 25.9. The van der Waals surface area contributed by atoms with E-state index in [4.69, 9.17) is 19.4 Å². The molecule has 0 fully saturated rings. The Morgan fingerprint density at radius 3 is 1.81 bits per heavy atom. The number of aromatic nitrogens is 3. The van der Waals surface area contributed by atoms with E-state index in [1.54, 1.807) is 0 Å². The highest BCUT2D eigenvalue weighted by Crippen LogP contribution is 2.38. The van der Waals surface area contributed by atoms with Gasteiger partial charge in [0, 0.05) is 27.5 Å². The summed E-state index contributed by atoms with van der Waals surface area (Å²) in [6, 6.07) is 52.8. The second kappa shape index (κ2) is 10.1. The minimum atomic E-state index is 0.634. The summed E-state index contributed by atoms with van der Waals surface area (Å²) in [4.78, 5) is 15.4. The van der Waals surface area contributed by atoms with Crippen molar-refractivity contribution in [3.63, 3.8) is 0 Å². The molecule has 10 rings (SSSR count). The van der Waals surface area contributed by atoms with E-state index in [0.717, 1.165) is 60.2 Å². The third-order valence-electron chi connectivity index (χ3n) is 9.29. The predicted molar refractivity (Wildman–Crippen MR) is 193 cm³/mol. The maximum Gasteiger partial charge on any atom is 0.164 e. The van der Waals surface area contributed by atoms with E-state index in [2.05, 4.69) is 140 Å². The van der Waals surface area contributed by atoms with Gasteiger partial charge in [0.05, 0.1) is 0 Å². The zero-order chi connectivity index (χ0) is 30.9. The third-order valence-corrected chi connectivity index (χ3v) is 9.29. The number of nitrogens with zero attached hydrogens (tertiary/aromatic N) is 3. The van der Waals surface area contributed by atoms with Crippen LogP contribution in [0.1, 0.15) is 0 Å². The lowest BCUT2D eigenvalue weighted by Crippen LogP contribution is -2.00. The number of furan rings is 1. The molecular formula is C43H25N3O. The van der Waals surface area contributed by atoms with E-state index in [0.29, 0.717) is 17.5 Å². The summed E-state index contributed by atoms with van der Waals surface area (Å²) in [7, 11) is 0. The Bertz CT molecular complexity index is 2870. The number of fused-ring (bicyclic) bond motifs is 9. The van der Waals surface area contributed by atoms with E-state index in [-0.39, 0.29) is 0 Å². The van der Waals surface area contributed by atoms with Crippen LogP contribution in [0.25, 0.3) is 99.2 Å². The van der Waals surface area contributed by atoms with Crippen LogP contribution >= 0.6 is 0 Å². The van der Waals surface area contributed by atoms with Crippen molar-refractivity contribution < 1.29 is 4.42 Å². The van der Waals surface area contributed by atoms with Gasteiger partial charge in [0.2, 0.25) is 0 Å². The summed E-state index contributed by atoms with van der Waals surface area (Å²) in [5.41, 5.74) is 4.59. The molecule has 0 N–H and O–H groups in total. The molecular weight excluding hydrogens is 574 g/mol. The van der Waals surface area contributed by atoms with Crippen molar-refractivity contribution in [3.05, 3.63) is 152 Å². The highest BCUT2D eigenvalue weighted by molar-refractivity contribution is 6.20. The van der Waals surface area contributed by atoms with Crippen molar-refractivity contribution in [2.24, 2.45) is 0 Å². The van der Waals surface area contributed by atoms with Crippen LogP contribution in [0, 0.1) is 0 Å². The van der Waals surface area contributed by atoms with Crippen molar-refractivity contribution in [1.29, 1.82) is 0 Å². The molecule has 218 valence electrons. The first-order valence-corrected chi connectivity index (χ1v) is 15.8. The van der Waals surface area contributed by atoms with Crippen molar-refractivity contribution in [2.75, 3.05) is 0 Å². The number of para-hydroxylation sites is 1. The fraction of sp³-hybridized carbons (Fsp3) is 0. The van der Waals surface area contributed by atoms with E-state index in [9.17, 15) is 0 Å². The molecule has 0 spiro atoms. The van der Waals surface area contributed by atoms with E-state index >= 15 is 0 Å². The number of hydrogen-bond donors (Lipinski definition) is 0. The van der Waals surface area contributed by atoms with E-state index in [1.807, 2.05) is 12.1 Å². The molecule has 4 heteroatoms. The smallest absolute Gasteiger partial charge is 0.164 e. The minimum Gasteiger partial charge on any atom is -0.456 e. The summed E-state index contributed by atoms with van der Waals surface area (Å²) in [6.45, 7) is 0. The first-order valence-electron chi connectivity index (χ1n) is 15.8. The molecule has 0 aliphatic rings. The first-order chi connectivity index (χ1) is 23.3. The largest absolute Gasteiger partial charge is 0.456 e. The van der Waals surface area contributed by atoms with Crippen LogP contribution < -0.4 is 0 Å². The van der Waals surface area contributed by atoms with Gasteiger partial charge in [-0.05, 0) is 73.4 Å². The Morgan fingerprint density at radius 1 is 0.340 bits per heavy atom. The van der Waals surface area contributed by atoms with Gasteiger partial charge in [-0.1, -0.05) is 121 Å². The van der Waals surface area contributed by atoms with Crippen LogP contribution in [0.4, 0.5) is 0 Å². The fourth-order valence-corrected chi connectivity index (χ4v) is 7.01. The molecule has 0 aliphatic carbocycles. The summed E-state index contributed by atoms with van der Waals surface area (Å²) in [5, 5.41) is 11.5. The molecule has 0 saturated carbocycles. The molecule has 10 aromatic rings. The molecule has 0 aliphatic heterocycles. The maximum atomic E-state index is 6.22. The zero-order valence-corrected chi connectivity index (χ0v) is 25.2. The normalized spacial score (nSPS) is 11.8. The molecule has 0 atom stereocenters. The minimum absolute atomic E-state index is 0.634. The lowest BCUT2D eigenvalue weighted by Gasteiger charge is -2.12. The maximum absolute atomic E-state index is 6.22. The Kier molecular flexibility index (Phi) is 5.54. The molecule has 8 aromatic carbocycles. The van der Waals surface area contributed by atoms with Crippen LogP contribution in [0.15, 0.2) is 156 Å². The van der Waals surface area contributed by atoms with Gasteiger partial charge in [0.1, 0.15) is 11.2 Å². The molecule has 2 aromatic heterocycles. The average Bonchev–Trinajstić information content (AvgIpc) is 3.53. The van der Waals surface area contributed by atoms with Gasteiger partial charge in [-0.2, -0.15) is 0 Å². The summed E-state index contributed by atoms with van der Waals surface area (Å²) in [6.07, 6.45) is 0. The summed E-state index contributed by atoms with van der Waals surface area (Å²) < 4.78 is 6.22. The van der Waals surface area contributed by atoms with Crippen molar-refractivity contribution in [2.45, 2.75) is 0 Å². The van der Waals surface area contributed by atoms with Gasteiger partial charge in [0.25, 0.3) is 0 Å². The highest BCUT2D eigenvalue weighted by atomic mass is 16.3. The van der Waals surface area contributed by atoms with Crippen molar-refractivity contribution >= 4 is 65.0 Å². The van der Waals surface area contributed by atoms with Crippen LogP contribution in [0.5, 0.6) is 0 Å². The van der Waals surface area contributed by atoms with Gasteiger partial charge in [-0.3, -0.25) is 0 Å². The Morgan fingerprint density at radius 2 is 0.936 bits per heavy atom. The average molecular weight is 600 g/mol. The van der Waals surface area contributed by atoms with Gasteiger partial charge in [-0.15, -0.1) is 0 Å². The van der Waals surface area contributed by atoms with Gasteiger partial charge in [-0.25, -0.2) is 15.0 Å². The van der Waals surface area contributed by atoms with Crippen molar-refractivity contribution in [1.82, 2.24) is 15.0 Å². The second-order valence-corrected chi connectivity index (χ2v) is 12.0. The Balaban J connectivity index is 1.22. The quantitative estimate of drug-likeness (QED) is 0.190. The lowest BCUT2D eigenvalue weighted by atomic mass is 9.99. The zero-order valence-electron chi connectivity index (χ0n) is 25.2. The number of rotatable bonds is 3. The van der Waals surface area contributed by atoms with Crippen LogP contribution in [0.3, 0.4) is 0 Å². The Labute approximate surface area is 269 Å². The monoisotopic (exact) mass is 599 g/mol. The highest BCUT2D eigenvalue weighted by Gasteiger charge is 2.17. The number of hydrogen-bond acceptors (Lipinski definition) is 4. The van der Waals surface area contributed by atoms with Gasteiger partial charge >= 0.3 is 0 Å². The summed E-state index contributed by atoms with van der Waals surface area (Å²) in [5.74, 6) is 1.91. The van der Waals surface area contributed by atoms with E-state index < -0.39 is 0 Å². The SMILES string of the molecule is c1ccc2cc(-c3nc(-c4ccc5c(ccc6ccccc65)c4)nc(-c4cccc5c4ccc4oc6ccccc6c45)n3)ccc2c1. The molecule has 0 amide bonds. The van der Waals surface area contributed by atoms with Crippen molar-refractivity contribution in [3.8, 4) is 34.2 Å². The molecule has 0 radical (unpaired) electrons. The van der Waals surface area contributed by atoms with Gasteiger partial charge in [0.15, 0.2) is 17.5 Å². The topological polar surface area (TPSA) is 51.8 Å². The lowest BCUT2D eigenvalue weighted by molar-refractivity contribution is 0.669.